The number of amides is 1. The van der Waals surface area contributed by atoms with Crippen molar-refractivity contribution in [1.29, 1.82) is 0 Å². The SMILES string of the molecule is O=C(NS(=O)(=O)N1CCC1)c1cc(Cl)c(OCC2CC3[C@H](C2)C3(F)F)cc1F. The Hall–Kier alpha value is -1.52. The second kappa shape index (κ2) is 6.77. The summed E-state index contributed by atoms with van der Waals surface area (Å²) in [6.07, 6.45) is 1.40. The summed E-state index contributed by atoms with van der Waals surface area (Å²) in [4.78, 5) is 12.1. The van der Waals surface area contributed by atoms with Crippen LogP contribution in [0.5, 0.6) is 5.75 Å². The summed E-state index contributed by atoms with van der Waals surface area (Å²) in [7, 11) is -4.01. The smallest absolute Gasteiger partial charge is 0.304 e. The number of alkyl halides is 2. The van der Waals surface area contributed by atoms with Crippen LogP contribution in [0, 0.1) is 23.6 Å². The molecule has 0 aromatic heterocycles. The van der Waals surface area contributed by atoms with E-state index >= 15 is 0 Å². The van der Waals surface area contributed by atoms with Crippen LogP contribution >= 0.6 is 11.6 Å². The van der Waals surface area contributed by atoms with E-state index in [0.29, 0.717) is 32.4 Å². The lowest BCUT2D eigenvalue weighted by Crippen LogP contribution is -2.49. The number of ether oxygens (including phenoxy) is 1. The first-order valence-electron chi connectivity index (χ1n) is 8.91. The first-order valence-corrected chi connectivity index (χ1v) is 10.7. The Labute approximate surface area is 165 Å². The molecule has 2 saturated carbocycles. The van der Waals surface area contributed by atoms with Crippen molar-refractivity contribution in [2.75, 3.05) is 19.7 Å². The van der Waals surface area contributed by atoms with Crippen LogP contribution in [-0.4, -0.2) is 44.2 Å². The Morgan fingerprint density at radius 3 is 2.50 bits per heavy atom. The van der Waals surface area contributed by atoms with Gasteiger partial charge in [0.2, 0.25) is 0 Å². The minimum atomic E-state index is -4.01. The number of fused-ring (bicyclic) bond motifs is 1. The first kappa shape index (κ1) is 19.8. The lowest BCUT2D eigenvalue weighted by atomic mass is 10.0. The molecule has 1 aliphatic heterocycles. The van der Waals surface area contributed by atoms with Gasteiger partial charge in [0, 0.05) is 31.0 Å². The lowest BCUT2D eigenvalue weighted by molar-refractivity contribution is 0.0580. The standard InChI is InChI=1S/C17H18ClF3N2O4S/c18-13-6-10(16(24)22-28(25,26)23-2-1-3-23)14(19)7-15(13)27-8-9-4-11-12(5-9)17(11,20)21/h6-7,9,11-12H,1-5,8H2,(H,22,24)/t9?,11-,12?/m0/s1. The quantitative estimate of drug-likeness (QED) is 0.741. The molecule has 3 fully saturated rings. The van der Waals surface area contributed by atoms with Crippen LogP contribution in [0.15, 0.2) is 12.1 Å². The number of benzene rings is 1. The summed E-state index contributed by atoms with van der Waals surface area (Å²) in [5.74, 6) is -5.94. The topological polar surface area (TPSA) is 75.7 Å². The molecule has 0 radical (unpaired) electrons. The van der Waals surface area contributed by atoms with Crippen LogP contribution < -0.4 is 9.46 Å². The fourth-order valence-electron chi connectivity index (χ4n) is 3.84. The van der Waals surface area contributed by atoms with Gasteiger partial charge in [-0.15, -0.1) is 0 Å². The van der Waals surface area contributed by atoms with Gasteiger partial charge in [-0.25, -0.2) is 17.9 Å². The normalized spacial score (nSPS) is 28.4. The molecule has 6 nitrogen and oxygen atoms in total. The summed E-state index contributed by atoms with van der Waals surface area (Å²) < 4.78 is 73.0. The average molecular weight is 439 g/mol. The van der Waals surface area contributed by atoms with E-state index in [1.165, 1.54) is 0 Å². The lowest BCUT2D eigenvalue weighted by Gasteiger charge is -2.29. The number of nitrogens with zero attached hydrogens (tertiary/aromatic N) is 1. The van der Waals surface area contributed by atoms with Crippen molar-refractivity contribution in [3.05, 3.63) is 28.5 Å². The molecule has 2 unspecified atom stereocenters. The minimum Gasteiger partial charge on any atom is -0.492 e. The Morgan fingerprint density at radius 1 is 1.29 bits per heavy atom. The van der Waals surface area contributed by atoms with Gasteiger partial charge >= 0.3 is 10.2 Å². The second-order valence-electron chi connectivity index (χ2n) is 7.49. The molecular formula is C17H18ClF3N2O4S. The molecule has 2 aliphatic carbocycles. The average Bonchev–Trinajstić information content (AvgIpc) is 2.91. The van der Waals surface area contributed by atoms with Gasteiger partial charge in [-0.2, -0.15) is 12.7 Å². The predicted molar refractivity (Wildman–Crippen MR) is 94.1 cm³/mol. The van der Waals surface area contributed by atoms with Gasteiger partial charge in [0.1, 0.15) is 11.6 Å². The molecule has 28 heavy (non-hydrogen) atoms. The number of nitrogens with one attached hydrogen (secondary N) is 1. The van der Waals surface area contributed by atoms with E-state index in [2.05, 4.69) is 0 Å². The number of carbonyl (C=O) groups excluding carboxylic acids is 1. The fourth-order valence-corrected chi connectivity index (χ4v) is 5.27. The van der Waals surface area contributed by atoms with Gasteiger partial charge in [0.15, 0.2) is 0 Å². The highest BCUT2D eigenvalue weighted by atomic mass is 35.5. The molecule has 1 aromatic carbocycles. The molecule has 1 aromatic rings. The van der Waals surface area contributed by atoms with Crippen molar-refractivity contribution in [1.82, 2.24) is 9.03 Å². The van der Waals surface area contributed by atoms with E-state index in [9.17, 15) is 26.4 Å². The molecule has 3 aliphatic rings. The zero-order valence-electron chi connectivity index (χ0n) is 14.6. The zero-order chi connectivity index (χ0) is 20.3. The Balaban J connectivity index is 1.38. The Bertz CT molecular complexity index is 909. The monoisotopic (exact) mass is 438 g/mol. The summed E-state index contributed by atoms with van der Waals surface area (Å²) in [6.45, 7) is 0.720. The van der Waals surface area contributed by atoms with Crippen LogP contribution in [0.4, 0.5) is 13.2 Å². The van der Waals surface area contributed by atoms with Gasteiger partial charge in [0.25, 0.3) is 11.8 Å². The van der Waals surface area contributed by atoms with E-state index in [0.717, 1.165) is 16.4 Å². The maximum absolute atomic E-state index is 14.3. The Kier molecular flexibility index (Phi) is 4.79. The fraction of sp³-hybridized carbons (Fsp3) is 0.588. The van der Waals surface area contributed by atoms with E-state index in [-0.39, 0.29) is 23.3 Å². The van der Waals surface area contributed by atoms with Crippen LogP contribution in [0.2, 0.25) is 5.02 Å². The van der Waals surface area contributed by atoms with Crippen LogP contribution in [0.1, 0.15) is 29.6 Å². The van der Waals surface area contributed by atoms with Gasteiger partial charge in [-0.3, -0.25) is 4.79 Å². The summed E-state index contributed by atoms with van der Waals surface area (Å²) in [5.41, 5.74) is -0.525. The van der Waals surface area contributed by atoms with Crippen LogP contribution in [0.25, 0.3) is 0 Å². The van der Waals surface area contributed by atoms with Gasteiger partial charge in [-0.05, 0) is 31.2 Å². The molecule has 1 heterocycles. The van der Waals surface area contributed by atoms with E-state index in [1.807, 2.05) is 0 Å². The van der Waals surface area contributed by atoms with Gasteiger partial charge in [0.05, 0.1) is 17.2 Å². The van der Waals surface area contributed by atoms with Crippen molar-refractivity contribution < 1.29 is 31.1 Å². The largest absolute Gasteiger partial charge is 0.492 e. The molecule has 1 N–H and O–H groups in total. The second-order valence-corrected chi connectivity index (χ2v) is 9.57. The number of hydrogen-bond acceptors (Lipinski definition) is 4. The molecule has 1 saturated heterocycles. The number of hydrogen-bond donors (Lipinski definition) is 1. The number of carbonyl (C=O) groups is 1. The molecule has 4 rings (SSSR count). The molecule has 11 heteroatoms. The van der Waals surface area contributed by atoms with E-state index in [1.54, 1.807) is 4.72 Å². The summed E-state index contributed by atoms with van der Waals surface area (Å²) >= 11 is 6.03. The van der Waals surface area contributed by atoms with E-state index < -0.39 is 45.3 Å². The minimum absolute atomic E-state index is 0.0198. The molecule has 3 atom stereocenters. The zero-order valence-corrected chi connectivity index (χ0v) is 16.2. The van der Waals surface area contributed by atoms with Crippen molar-refractivity contribution in [2.24, 2.45) is 17.8 Å². The highest BCUT2D eigenvalue weighted by molar-refractivity contribution is 7.87. The molecule has 1 amide bonds. The summed E-state index contributed by atoms with van der Waals surface area (Å²) in [6, 6.07) is 1.89. The summed E-state index contributed by atoms with van der Waals surface area (Å²) in [5, 5.41) is -0.0682. The highest BCUT2D eigenvalue weighted by Crippen LogP contribution is 2.65. The van der Waals surface area contributed by atoms with Crippen molar-refractivity contribution >= 4 is 27.7 Å². The highest BCUT2D eigenvalue weighted by Gasteiger charge is 2.71. The van der Waals surface area contributed by atoms with Crippen molar-refractivity contribution in [2.45, 2.75) is 25.2 Å². The maximum Gasteiger partial charge on any atom is 0.304 e. The molecule has 0 bridgehead atoms. The maximum atomic E-state index is 14.3. The molecular weight excluding hydrogens is 421 g/mol. The third-order valence-corrected chi connectivity index (χ3v) is 7.44. The van der Waals surface area contributed by atoms with Gasteiger partial charge < -0.3 is 4.74 Å². The number of halogens is 4. The predicted octanol–water partition coefficient (Wildman–Crippen LogP) is 2.83. The molecule has 0 spiro atoms. The third-order valence-electron chi connectivity index (χ3n) is 5.66. The Morgan fingerprint density at radius 2 is 1.93 bits per heavy atom. The van der Waals surface area contributed by atoms with Crippen molar-refractivity contribution in [3.8, 4) is 5.75 Å². The third kappa shape index (κ3) is 3.46. The number of rotatable bonds is 6. The van der Waals surface area contributed by atoms with Crippen LogP contribution in [0.3, 0.4) is 0 Å². The van der Waals surface area contributed by atoms with E-state index in [4.69, 9.17) is 16.3 Å². The first-order chi connectivity index (χ1) is 13.1. The van der Waals surface area contributed by atoms with Gasteiger partial charge in [-0.1, -0.05) is 11.6 Å². The van der Waals surface area contributed by atoms with Crippen LogP contribution in [-0.2, 0) is 10.2 Å². The van der Waals surface area contributed by atoms with Crippen molar-refractivity contribution in [3.63, 3.8) is 0 Å². The molecule has 154 valence electrons.